The van der Waals surface area contributed by atoms with Gasteiger partial charge in [-0.05, 0) is 48.4 Å². The minimum Gasteiger partial charge on any atom is -0.497 e. The Morgan fingerprint density at radius 3 is 2.27 bits per heavy atom. The number of nitrogens with one attached hydrogen (secondary N) is 2. The molecule has 0 fully saturated rings. The maximum absolute atomic E-state index is 12.9. The normalized spacial score (nSPS) is 10.4. The molecule has 3 rings (SSSR count). The molecule has 2 aromatic carbocycles. The van der Waals surface area contributed by atoms with Gasteiger partial charge in [0.25, 0.3) is 11.8 Å². The van der Waals surface area contributed by atoms with Crippen molar-refractivity contribution in [3.05, 3.63) is 70.5 Å². The zero-order chi connectivity index (χ0) is 21.8. The van der Waals surface area contributed by atoms with Crippen LogP contribution in [0.3, 0.4) is 0 Å². The van der Waals surface area contributed by atoms with E-state index in [0.717, 1.165) is 22.4 Å². The van der Waals surface area contributed by atoms with Crippen LogP contribution in [0.2, 0.25) is 5.02 Å². The smallest absolute Gasteiger partial charge is 0.286 e. The zero-order valence-electron chi connectivity index (χ0n) is 17.1. The quantitative estimate of drug-likeness (QED) is 0.608. The number of aromatic nitrogens is 1. The lowest BCUT2D eigenvalue weighted by Crippen LogP contribution is -2.42. The van der Waals surface area contributed by atoms with E-state index in [4.69, 9.17) is 21.1 Å². The Morgan fingerprint density at radius 2 is 1.63 bits per heavy atom. The van der Waals surface area contributed by atoms with Crippen molar-refractivity contribution in [2.75, 3.05) is 14.2 Å². The number of hydrogen-bond donors (Lipinski definition) is 2. The standard InChI is InChI=1S/C22H22ClN3O4/c1-13-12-26(2)20(19(13)14-5-8-16(29-3)9-6-14)22(28)25-24-21(27)17-11-15(23)7-10-18(17)30-4/h5-12H,1-4H3,(H,24,27)(H,25,28). The van der Waals surface area contributed by atoms with Crippen molar-refractivity contribution in [1.29, 1.82) is 0 Å². The van der Waals surface area contributed by atoms with Crippen molar-refractivity contribution in [3.8, 4) is 22.6 Å². The summed E-state index contributed by atoms with van der Waals surface area (Å²) < 4.78 is 12.1. The second-order valence-electron chi connectivity index (χ2n) is 6.63. The Balaban J connectivity index is 1.84. The number of aryl methyl sites for hydroxylation is 2. The number of hydrazine groups is 1. The molecule has 2 amide bonds. The Labute approximate surface area is 179 Å². The molecule has 3 aromatic rings. The summed E-state index contributed by atoms with van der Waals surface area (Å²) in [5.41, 5.74) is 8.08. The molecule has 0 aliphatic heterocycles. The van der Waals surface area contributed by atoms with E-state index in [1.807, 2.05) is 37.4 Å². The van der Waals surface area contributed by atoms with Gasteiger partial charge < -0.3 is 14.0 Å². The molecule has 7 nitrogen and oxygen atoms in total. The molecule has 2 N–H and O–H groups in total. The van der Waals surface area contributed by atoms with Crippen molar-refractivity contribution in [2.24, 2.45) is 7.05 Å². The first-order valence-electron chi connectivity index (χ1n) is 9.10. The molecular weight excluding hydrogens is 406 g/mol. The summed E-state index contributed by atoms with van der Waals surface area (Å²) in [6.45, 7) is 1.92. The minimum absolute atomic E-state index is 0.212. The van der Waals surface area contributed by atoms with Gasteiger partial charge in [0.05, 0.1) is 19.8 Å². The van der Waals surface area contributed by atoms with Crippen LogP contribution in [0.4, 0.5) is 0 Å². The first kappa shape index (κ1) is 21.3. The van der Waals surface area contributed by atoms with E-state index in [0.29, 0.717) is 16.5 Å². The summed E-state index contributed by atoms with van der Waals surface area (Å²) in [6, 6.07) is 12.1. The molecule has 0 bridgehead atoms. The van der Waals surface area contributed by atoms with Crippen LogP contribution in [-0.2, 0) is 7.05 Å². The molecule has 1 aromatic heterocycles. The largest absolute Gasteiger partial charge is 0.497 e. The third kappa shape index (κ3) is 4.26. The fourth-order valence-electron chi connectivity index (χ4n) is 3.28. The molecule has 156 valence electrons. The molecule has 8 heteroatoms. The van der Waals surface area contributed by atoms with Gasteiger partial charge in [-0.3, -0.25) is 20.4 Å². The Hall–Kier alpha value is -3.45. The molecule has 1 heterocycles. The molecular formula is C22H22ClN3O4. The Kier molecular flexibility index (Phi) is 6.32. The summed E-state index contributed by atoms with van der Waals surface area (Å²) in [7, 11) is 4.82. The highest BCUT2D eigenvalue weighted by molar-refractivity contribution is 6.31. The van der Waals surface area contributed by atoms with Crippen molar-refractivity contribution in [3.63, 3.8) is 0 Å². The first-order valence-corrected chi connectivity index (χ1v) is 9.48. The van der Waals surface area contributed by atoms with Crippen LogP contribution in [0.25, 0.3) is 11.1 Å². The van der Waals surface area contributed by atoms with E-state index in [1.165, 1.54) is 13.2 Å². The van der Waals surface area contributed by atoms with Crippen LogP contribution in [-0.4, -0.2) is 30.6 Å². The summed E-state index contributed by atoms with van der Waals surface area (Å²) in [5.74, 6) is 0.0752. The molecule has 0 unspecified atom stereocenters. The molecule has 0 aliphatic carbocycles. The maximum atomic E-state index is 12.9. The highest BCUT2D eigenvalue weighted by atomic mass is 35.5. The van der Waals surface area contributed by atoms with Gasteiger partial charge in [0, 0.05) is 23.8 Å². The summed E-state index contributed by atoms with van der Waals surface area (Å²) in [4.78, 5) is 25.5. The molecule has 0 radical (unpaired) electrons. The van der Waals surface area contributed by atoms with Gasteiger partial charge in [-0.25, -0.2) is 0 Å². The second-order valence-corrected chi connectivity index (χ2v) is 7.06. The summed E-state index contributed by atoms with van der Waals surface area (Å²) >= 11 is 5.98. The molecule has 0 saturated heterocycles. The van der Waals surface area contributed by atoms with Gasteiger partial charge >= 0.3 is 0 Å². The van der Waals surface area contributed by atoms with Crippen LogP contribution >= 0.6 is 11.6 Å². The number of amides is 2. The number of methoxy groups -OCH3 is 2. The number of halogens is 1. The van der Waals surface area contributed by atoms with Crippen LogP contribution in [0.5, 0.6) is 11.5 Å². The number of carbonyl (C=O) groups excluding carboxylic acids is 2. The van der Waals surface area contributed by atoms with Gasteiger partial charge in [-0.15, -0.1) is 0 Å². The second kappa shape index (κ2) is 8.92. The number of nitrogens with zero attached hydrogens (tertiary/aromatic N) is 1. The number of rotatable bonds is 5. The molecule has 0 aliphatic rings. The average Bonchev–Trinajstić information content (AvgIpc) is 3.05. The van der Waals surface area contributed by atoms with Crippen LogP contribution in [0.1, 0.15) is 26.4 Å². The van der Waals surface area contributed by atoms with Crippen molar-refractivity contribution >= 4 is 23.4 Å². The van der Waals surface area contributed by atoms with E-state index in [2.05, 4.69) is 10.9 Å². The van der Waals surface area contributed by atoms with Gasteiger partial charge in [0.1, 0.15) is 17.2 Å². The lowest BCUT2D eigenvalue weighted by atomic mass is 10.0. The fraction of sp³-hybridized carbons (Fsp3) is 0.182. The third-order valence-corrected chi connectivity index (χ3v) is 4.90. The van der Waals surface area contributed by atoms with E-state index >= 15 is 0 Å². The molecule has 0 atom stereocenters. The van der Waals surface area contributed by atoms with Crippen LogP contribution in [0, 0.1) is 6.92 Å². The van der Waals surface area contributed by atoms with Gasteiger partial charge in [-0.2, -0.15) is 0 Å². The Morgan fingerprint density at radius 1 is 0.967 bits per heavy atom. The average molecular weight is 428 g/mol. The predicted octanol–water partition coefficient (Wildman–Crippen LogP) is 3.75. The van der Waals surface area contributed by atoms with Crippen molar-refractivity contribution < 1.29 is 19.1 Å². The minimum atomic E-state index is -0.542. The van der Waals surface area contributed by atoms with Gasteiger partial charge in [0.15, 0.2) is 0 Å². The lowest BCUT2D eigenvalue weighted by molar-refractivity contribution is 0.0840. The number of hydrogen-bond acceptors (Lipinski definition) is 4. The number of ether oxygens (including phenoxy) is 2. The predicted molar refractivity (Wildman–Crippen MR) is 115 cm³/mol. The first-order chi connectivity index (χ1) is 14.3. The lowest BCUT2D eigenvalue weighted by Gasteiger charge is -2.13. The molecule has 30 heavy (non-hydrogen) atoms. The third-order valence-electron chi connectivity index (χ3n) is 4.66. The summed E-state index contributed by atoms with van der Waals surface area (Å²) in [5, 5.41) is 0.382. The fourth-order valence-corrected chi connectivity index (χ4v) is 3.45. The zero-order valence-corrected chi connectivity index (χ0v) is 17.8. The SMILES string of the molecule is COc1ccc(-c2c(C)cn(C)c2C(=O)NNC(=O)c2cc(Cl)ccc2OC)cc1. The number of benzene rings is 2. The van der Waals surface area contributed by atoms with Gasteiger partial charge in [-0.1, -0.05) is 23.7 Å². The monoisotopic (exact) mass is 427 g/mol. The number of carbonyl (C=O) groups is 2. The highest BCUT2D eigenvalue weighted by Gasteiger charge is 2.21. The van der Waals surface area contributed by atoms with E-state index in [1.54, 1.807) is 30.9 Å². The van der Waals surface area contributed by atoms with Crippen LogP contribution in [0.15, 0.2) is 48.7 Å². The van der Waals surface area contributed by atoms with Crippen molar-refractivity contribution in [1.82, 2.24) is 15.4 Å². The van der Waals surface area contributed by atoms with E-state index < -0.39 is 11.8 Å². The molecule has 0 spiro atoms. The molecule has 0 saturated carbocycles. The van der Waals surface area contributed by atoms with E-state index in [-0.39, 0.29) is 5.56 Å². The maximum Gasteiger partial charge on any atom is 0.286 e. The topological polar surface area (TPSA) is 81.6 Å². The summed E-state index contributed by atoms with van der Waals surface area (Å²) in [6.07, 6.45) is 1.86. The highest BCUT2D eigenvalue weighted by Crippen LogP contribution is 2.30. The van der Waals surface area contributed by atoms with Crippen LogP contribution < -0.4 is 20.3 Å². The Bertz CT molecular complexity index is 1090. The van der Waals surface area contributed by atoms with Gasteiger partial charge in [0.2, 0.25) is 0 Å². The van der Waals surface area contributed by atoms with Crippen molar-refractivity contribution in [2.45, 2.75) is 6.92 Å². The van der Waals surface area contributed by atoms with E-state index in [9.17, 15) is 9.59 Å².